The number of nitrogens with zero attached hydrogens (tertiary/aromatic N) is 1. The fourth-order valence-corrected chi connectivity index (χ4v) is 1.93. The number of aliphatic imine (C=N–C) groups is 1. The molecule has 0 spiro atoms. The molecule has 0 atom stereocenters. The van der Waals surface area contributed by atoms with Crippen LogP contribution < -0.4 is 15.8 Å². The van der Waals surface area contributed by atoms with Gasteiger partial charge in [-0.1, -0.05) is 20.8 Å². The van der Waals surface area contributed by atoms with Crippen LogP contribution in [-0.2, 0) is 10.2 Å². The molecule has 0 amide bonds. The van der Waals surface area contributed by atoms with Gasteiger partial charge in [-0.05, 0) is 23.1 Å². The maximum Gasteiger partial charge on any atom is 0.289 e. The van der Waals surface area contributed by atoms with E-state index >= 15 is 0 Å². The van der Waals surface area contributed by atoms with Crippen LogP contribution in [0, 0.1) is 0 Å². The van der Waals surface area contributed by atoms with Gasteiger partial charge in [-0.15, -0.1) is 0 Å². The van der Waals surface area contributed by atoms with E-state index in [4.69, 9.17) is 15.2 Å². The van der Waals surface area contributed by atoms with Gasteiger partial charge in [0, 0.05) is 0 Å². The lowest BCUT2D eigenvalue weighted by atomic mass is 9.86. The number of ether oxygens (including phenoxy) is 2. The second-order valence-electron chi connectivity index (χ2n) is 5.56. The van der Waals surface area contributed by atoms with Gasteiger partial charge in [-0.3, -0.25) is 0 Å². The predicted molar refractivity (Wildman–Crippen MR) is 78.0 cm³/mol. The summed E-state index contributed by atoms with van der Waals surface area (Å²) in [6.07, 6.45) is 0. The Morgan fingerprint density at radius 2 is 2.11 bits per heavy atom. The number of hydrogen-bond donors (Lipinski definition) is 2. The van der Waals surface area contributed by atoms with Crippen molar-refractivity contribution < 1.29 is 9.47 Å². The summed E-state index contributed by atoms with van der Waals surface area (Å²) in [6, 6.07) is 4.49. The second-order valence-corrected chi connectivity index (χ2v) is 5.56. The Kier molecular flexibility index (Phi) is 3.55. The minimum Gasteiger partial charge on any atom is -0.492 e. The molecule has 1 aromatic carbocycles. The van der Waals surface area contributed by atoms with Crippen LogP contribution in [-0.4, -0.2) is 26.3 Å². The third-order valence-corrected chi connectivity index (χ3v) is 3.01. The first-order chi connectivity index (χ1) is 8.91. The molecule has 5 heteroatoms. The highest BCUT2D eigenvalue weighted by Gasteiger charge is 2.20. The number of amidine groups is 1. The van der Waals surface area contributed by atoms with Crippen LogP contribution in [0.15, 0.2) is 17.1 Å². The molecular weight excluding hydrogens is 242 g/mol. The zero-order chi connectivity index (χ0) is 14.0. The van der Waals surface area contributed by atoms with Crippen molar-refractivity contribution in [3.8, 4) is 5.75 Å². The number of nitrogens with one attached hydrogen (secondary N) is 1. The standard InChI is InChI=1S/C14H21N3O2/c1-14(2,3)9-7-10(15)12(18-4)11(8-9)17-13-16-5-6-19-13/h7-8H,5-6,15H2,1-4H3,(H,16,17). The van der Waals surface area contributed by atoms with E-state index in [1.54, 1.807) is 7.11 Å². The van der Waals surface area contributed by atoms with Crippen LogP contribution in [0.4, 0.5) is 11.4 Å². The van der Waals surface area contributed by atoms with Gasteiger partial charge in [0.1, 0.15) is 6.61 Å². The van der Waals surface area contributed by atoms with E-state index < -0.39 is 0 Å². The molecule has 0 radical (unpaired) electrons. The molecule has 1 aliphatic rings. The number of benzene rings is 1. The largest absolute Gasteiger partial charge is 0.492 e. The number of rotatable bonds is 2. The molecule has 5 nitrogen and oxygen atoms in total. The highest BCUT2D eigenvalue weighted by atomic mass is 16.5. The molecule has 0 aromatic heterocycles. The van der Waals surface area contributed by atoms with Gasteiger partial charge in [0.2, 0.25) is 0 Å². The van der Waals surface area contributed by atoms with Gasteiger partial charge in [-0.2, -0.15) is 0 Å². The average Bonchev–Trinajstić information content (AvgIpc) is 2.80. The highest BCUT2D eigenvalue weighted by Crippen LogP contribution is 2.37. The van der Waals surface area contributed by atoms with Crippen LogP contribution in [0.25, 0.3) is 0 Å². The third-order valence-electron chi connectivity index (χ3n) is 3.01. The van der Waals surface area contributed by atoms with Crippen molar-refractivity contribution in [2.45, 2.75) is 26.2 Å². The Hall–Kier alpha value is -1.91. The van der Waals surface area contributed by atoms with Crippen LogP contribution in [0.2, 0.25) is 0 Å². The number of nitrogens with two attached hydrogens (primary N) is 1. The average molecular weight is 263 g/mol. The summed E-state index contributed by atoms with van der Waals surface area (Å²) >= 11 is 0. The molecule has 0 fully saturated rings. The lowest BCUT2D eigenvalue weighted by molar-refractivity contribution is 0.346. The summed E-state index contributed by atoms with van der Waals surface area (Å²) in [5, 5.41) is 3.14. The van der Waals surface area contributed by atoms with Crippen LogP contribution in [0.1, 0.15) is 26.3 Å². The van der Waals surface area contributed by atoms with Gasteiger partial charge in [-0.25, -0.2) is 4.99 Å². The summed E-state index contributed by atoms with van der Waals surface area (Å²) in [6.45, 7) is 7.71. The first-order valence-corrected chi connectivity index (χ1v) is 6.34. The lowest BCUT2D eigenvalue weighted by Gasteiger charge is -2.22. The van der Waals surface area contributed by atoms with Crippen molar-refractivity contribution >= 4 is 17.4 Å². The van der Waals surface area contributed by atoms with Crippen molar-refractivity contribution in [2.75, 3.05) is 31.3 Å². The molecule has 1 heterocycles. The number of methoxy groups -OCH3 is 1. The molecule has 1 aromatic rings. The monoisotopic (exact) mass is 263 g/mol. The fraction of sp³-hybridized carbons (Fsp3) is 0.500. The lowest BCUT2D eigenvalue weighted by Crippen LogP contribution is -2.16. The van der Waals surface area contributed by atoms with Gasteiger partial charge >= 0.3 is 0 Å². The van der Waals surface area contributed by atoms with Gasteiger partial charge < -0.3 is 20.5 Å². The van der Waals surface area contributed by atoms with E-state index in [1.807, 2.05) is 12.1 Å². The molecule has 1 aliphatic heterocycles. The zero-order valence-corrected chi connectivity index (χ0v) is 11.9. The minimum absolute atomic E-state index is 0.00909. The molecule has 19 heavy (non-hydrogen) atoms. The predicted octanol–water partition coefficient (Wildman–Crippen LogP) is 2.37. The van der Waals surface area contributed by atoms with Crippen molar-refractivity contribution in [2.24, 2.45) is 4.99 Å². The zero-order valence-electron chi connectivity index (χ0n) is 11.9. The Labute approximate surface area is 113 Å². The number of anilines is 2. The Bertz CT molecular complexity index is 504. The minimum atomic E-state index is 0.00909. The molecule has 2 rings (SSSR count). The van der Waals surface area contributed by atoms with Crippen LogP contribution in [0.5, 0.6) is 5.75 Å². The molecule has 0 saturated heterocycles. The maximum absolute atomic E-state index is 6.06. The van der Waals surface area contributed by atoms with Gasteiger partial charge in [0.15, 0.2) is 5.75 Å². The van der Waals surface area contributed by atoms with E-state index in [0.717, 1.165) is 11.3 Å². The Balaban J connectivity index is 2.41. The van der Waals surface area contributed by atoms with E-state index in [-0.39, 0.29) is 5.41 Å². The summed E-state index contributed by atoms with van der Waals surface area (Å²) in [5.74, 6) is 0.617. The van der Waals surface area contributed by atoms with E-state index in [9.17, 15) is 0 Å². The topological polar surface area (TPSA) is 68.9 Å². The fourth-order valence-electron chi connectivity index (χ4n) is 1.93. The molecular formula is C14H21N3O2. The molecule has 0 saturated carbocycles. The van der Waals surface area contributed by atoms with Crippen LogP contribution in [0.3, 0.4) is 0 Å². The van der Waals surface area contributed by atoms with Crippen molar-refractivity contribution in [3.05, 3.63) is 17.7 Å². The smallest absolute Gasteiger partial charge is 0.289 e. The van der Waals surface area contributed by atoms with Gasteiger partial charge in [0.25, 0.3) is 6.02 Å². The van der Waals surface area contributed by atoms with Gasteiger partial charge in [0.05, 0.1) is 25.0 Å². The molecule has 0 bridgehead atoms. The first-order valence-electron chi connectivity index (χ1n) is 6.34. The maximum atomic E-state index is 6.06. The Morgan fingerprint density at radius 1 is 1.37 bits per heavy atom. The van der Waals surface area contributed by atoms with Crippen molar-refractivity contribution in [3.63, 3.8) is 0 Å². The summed E-state index contributed by atoms with van der Waals surface area (Å²) in [7, 11) is 1.60. The number of nitrogen functional groups attached to an aromatic ring is 1. The van der Waals surface area contributed by atoms with E-state index in [2.05, 4.69) is 31.1 Å². The second kappa shape index (κ2) is 4.99. The molecule has 104 valence electrons. The van der Waals surface area contributed by atoms with E-state index in [1.165, 1.54) is 0 Å². The third kappa shape index (κ3) is 2.92. The molecule has 0 aliphatic carbocycles. The van der Waals surface area contributed by atoms with Crippen LogP contribution >= 0.6 is 0 Å². The van der Waals surface area contributed by atoms with E-state index in [0.29, 0.717) is 30.6 Å². The molecule has 3 N–H and O–H groups in total. The highest BCUT2D eigenvalue weighted by molar-refractivity contribution is 5.93. The normalized spacial score (nSPS) is 14.8. The van der Waals surface area contributed by atoms with Crippen molar-refractivity contribution in [1.82, 2.24) is 0 Å². The first kappa shape index (κ1) is 13.5. The summed E-state index contributed by atoms with van der Waals surface area (Å²) in [5.41, 5.74) is 8.59. The molecule has 0 unspecified atom stereocenters. The quantitative estimate of drug-likeness (QED) is 0.804. The summed E-state index contributed by atoms with van der Waals surface area (Å²) in [4.78, 5) is 4.21. The Morgan fingerprint density at radius 3 is 2.63 bits per heavy atom. The SMILES string of the molecule is COc1c(N)cc(C(C)(C)C)cc1NC1=NCCO1. The van der Waals surface area contributed by atoms with Crippen molar-refractivity contribution in [1.29, 1.82) is 0 Å². The number of hydrogen-bond acceptors (Lipinski definition) is 5. The summed E-state index contributed by atoms with van der Waals surface area (Å²) < 4.78 is 10.7.